The summed E-state index contributed by atoms with van der Waals surface area (Å²) in [4.78, 5) is 0. The fraction of sp³-hybridized carbons (Fsp3) is 0.538. The van der Waals surface area contributed by atoms with Gasteiger partial charge in [0.25, 0.3) is 0 Å². The lowest BCUT2D eigenvalue weighted by molar-refractivity contribution is 0.414. The fourth-order valence-electron chi connectivity index (χ4n) is 1.82. The van der Waals surface area contributed by atoms with E-state index >= 15 is 0 Å². The summed E-state index contributed by atoms with van der Waals surface area (Å²) in [7, 11) is 0. The van der Waals surface area contributed by atoms with Crippen LogP contribution in [-0.2, 0) is 6.42 Å². The Morgan fingerprint density at radius 3 is 2.62 bits per heavy atom. The quantitative estimate of drug-likeness (QED) is 0.820. The summed E-state index contributed by atoms with van der Waals surface area (Å²) in [5.74, 6) is -0.458. The highest BCUT2D eigenvalue weighted by Gasteiger charge is 2.15. The highest BCUT2D eigenvalue weighted by molar-refractivity contribution is 5.19. The molecule has 0 aliphatic carbocycles. The topological polar surface area (TPSA) is 26.0 Å². The van der Waals surface area contributed by atoms with Crippen LogP contribution in [0.5, 0.6) is 0 Å². The Balaban J connectivity index is 2.68. The van der Waals surface area contributed by atoms with Crippen molar-refractivity contribution in [2.24, 2.45) is 11.7 Å². The van der Waals surface area contributed by atoms with Gasteiger partial charge in [-0.25, -0.2) is 8.78 Å². The van der Waals surface area contributed by atoms with Gasteiger partial charge in [0.2, 0.25) is 0 Å². The predicted molar refractivity (Wildman–Crippen MR) is 62.1 cm³/mol. The normalized spacial score (nSPS) is 14.8. The summed E-state index contributed by atoms with van der Waals surface area (Å²) >= 11 is 0. The van der Waals surface area contributed by atoms with Gasteiger partial charge in [0.05, 0.1) is 0 Å². The maximum Gasteiger partial charge on any atom is 0.126 e. The van der Waals surface area contributed by atoms with E-state index in [9.17, 15) is 8.78 Å². The number of halogens is 2. The Labute approximate surface area is 95.7 Å². The summed E-state index contributed by atoms with van der Waals surface area (Å²) in [5.41, 5.74) is 6.34. The van der Waals surface area contributed by atoms with Gasteiger partial charge in [0.15, 0.2) is 0 Å². The monoisotopic (exact) mass is 227 g/mol. The van der Waals surface area contributed by atoms with Gasteiger partial charge in [0.1, 0.15) is 11.6 Å². The first kappa shape index (κ1) is 13.1. The van der Waals surface area contributed by atoms with Gasteiger partial charge in [0, 0.05) is 6.04 Å². The van der Waals surface area contributed by atoms with E-state index < -0.39 is 5.82 Å². The van der Waals surface area contributed by atoms with Crippen molar-refractivity contribution in [2.45, 2.75) is 39.2 Å². The van der Waals surface area contributed by atoms with Gasteiger partial charge in [-0.05, 0) is 42.5 Å². The van der Waals surface area contributed by atoms with E-state index in [1.165, 1.54) is 6.07 Å². The first-order valence-corrected chi connectivity index (χ1v) is 5.74. The third-order valence-corrected chi connectivity index (χ3v) is 2.94. The van der Waals surface area contributed by atoms with Crippen LogP contribution < -0.4 is 5.73 Å². The molecule has 2 unspecified atom stereocenters. The molecule has 0 aliphatic rings. The molecule has 0 saturated heterocycles. The van der Waals surface area contributed by atoms with E-state index in [2.05, 4.69) is 6.92 Å². The molecular weight excluding hydrogens is 208 g/mol. The highest BCUT2D eigenvalue weighted by atomic mass is 19.1. The molecule has 2 N–H and O–H groups in total. The van der Waals surface area contributed by atoms with E-state index in [1.807, 2.05) is 6.92 Å². The molecule has 0 saturated carbocycles. The van der Waals surface area contributed by atoms with Crippen molar-refractivity contribution in [1.82, 2.24) is 0 Å². The molecule has 0 fully saturated rings. The van der Waals surface area contributed by atoms with Crippen LogP contribution in [0.4, 0.5) is 8.78 Å². The molecule has 0 heterocycles. The maximum absolute atomic E-state index is 13.4. The van der Waals surface area contributed by atoms with Crippen molar-refractivity contribution in [3.05, 3.63) is 35.4 Å². The highest BCUT2D eigenvalue weighted by Crippen LogP contribution is 2.16. The van der Waals surface area contributed by atoms with Gasteiger partial charge < -0.3 is 5.73 Å². The number of nitrogens with two attached hydrogens (primary N) is 1. The van der Waals surface area contributed by atoms with Crippen LogP contribution in [0.15, 0.2) is 18.2 Å². The number of hydrogen-bond donors (Lipinski definition) is 1. The van der Waals surface area contributed by atoms with Gasteiger partial charge in [-0.3, -0.25) is 0 Å². The molecule has 0 spiro atoms. The zero-order chi connectivity index (χ0) is 12.1. The van der Waals surface area contributed by atoms with E-state index in [0.717, 1.165) is 25.0 Å². The van der Waals surface area contributed by atoms with E-state index in [1.54, 1.807) is 0 Å². The first-order valence-electron chi connectivity index (χ1n) is 5.74. The third-order valence-electron chi connectivity index (χ3n) is 2.94. The second-order valence-corrected chi connectivity index (χ2v) is 4.37. The van der Waals surface area contributed by atoms with Gasteiger partial charge in [-0.15, -0.1) is 0 Å². The molecule has 0 bridgehead atoms. The minimum Gasteiger partial charge on any atom is -0.327 e. The molecule has 90 valence electrons. The number of rotatable bonds is 5. The molecular formula is C13H19F2N. The lowest BCUT2D eigenvalue weighted by atomic mass is 9.92. The second-order valence-electron chi connectivity index (χ2n) is 4.37. The van der Waals surface area contributed by atoms with Gasteiger partial charge >= 0.3 is 0 Å². The lowest BCUT2D eigenvalue weighted by Gasteiger charge is -2.19. The zero-order valence-electron chi connectivity index (χ0n) is 9.84. The van der Waals surface area contributed by atoms with E-state index in [0.29, 0.717) is 17.9 Å². The average molecular weight is 227 g/mol. The average Bonchev–Trinajstić information content (AvgIpc) is 2.23. The minimum atomic E-state index is -0.410. The Morgan fingerprint density at radius 1 is 1.31 bits per heavy atom. The van der Waals surface area contributed by atoms with Crippen molar-refractivity contribution in [3.8, 4) is 0 Å². The van der Waals surface area contributed by atoms with Crippen LogP contribution in [0.1, 0.15) is 32.3 Å². The van der Waals surface area contributed by atoms with Crippen molar-refractivity contribution >= 4 is 0 Å². The molecule has 2 atom stereocenters. The molecule has 16 heavy (non-hydrogen) atoms. The molecule has 0 aliphatic heterocycles. The van der Waals surface area contributed by atoms with Crippen LogP contribution >= 0.6 is 0 Å². The van der Waals surface area contributed by atoms with Crippen LogP contribution in [0.2, 0.25) is 0 Å². The first-order chi connectivity index (χ1) is 7.54. The summed E-state index contributed by atoms with van der Waals surface area (Å²) in [6.07, 6.45) is 2.46. The zero-order valence-corrected chi connectivity index (χ0v) is 9.84. The Bertz CT molecular complexity index is 339. The van der Waals surface area contributed by atoms with Crippen LogP contribution in [0.3, 0.4) is 0 Å². The van der Waals surface area contributed by atoms with Crippen molar-refractivity contribution < 1.29 is 8.78 Å². The Hall–Kier alpha value is -0.960. The molecule has 3 heteroatoms. The molecule has 1 aromatic rings. The van der Waals surface area contributed by atoms with Crippen LogP contribution in [0.25, 0.3) is 0 Å². The van der Waals surface area contributed by atoms with Crippen molar-refractivity contribution in [2.75, 3.05) is 0 Å². The maximum atomic E-state index is 13.4. The fourth-order valence-corrected chi connectivity index (χ4v) is 1.82. The summed E-state index contributed by atoms with van der Waals surface area (Å²) in [5, 5.41) is 0. The number of benzene rings is 1. The molecule has 1 aromatic carbocycles. The number of hydrogen-bond acceptors (Lipinski definition) is 1. The predicted octanol–water partition coefficient (Wildman–Crippen LogP) is 3.27. The molecule has 0 amide bonds. The van der Waals surface area contributed by atoms with E-state index in [4.69, 9.17) is 5.73 Å². The Kier molecular flexibility index (Phi) is 4.87. The van der Waals surface area contributed by atoms with Gasteiger partial charge in [-0.2, -0.15) is 0 Å². The largest absolute Gasteiger partial charge is 0.327 e. The summed E-state index contributed by atoms with van der Waals surface area (Å²) in [6, 6.07) is 3.39. The SMILES string of the molecule is CCCC(C)C(N)Cc1cc(F)ccc1F. The summed E-state index contributed by atoms with van der Waals surface area (Å²) in [6.45, 7) is 4.14. The lowest BCUT2D eigenvalue weighted by Crippen LogP contribution is -2.30. The second kappa shape index (κ2) is 5.94. The molecule has 0 radical (unpaired) electrons. The smallest absolute Gasteiger partial charge is 0.126 e. The Morgan fingerprint density at radius 2 is 2.00 bits per heavy atom. The standard InChI is InChI=1S/C13H19F2N/c1-3-4-9(2)13(16)8-10-7-11(14)5-6-12(10)15/h5-7,9,13H,3-4,8,16H2,1-2H3. The molecule has 1 rings (SSSR count). The van der Waals surface area contributed by atoms with Crippen molar-refractivity contribution in [1.29, 1.82) is 0 Å². The third kappa shape index (κ3) is 3.56. The van der Waals surface area contributed by atoms with Crippen LogP contribution in [-0.4, -0.2) is 6.04 Å². The molecule has 1 nitrogen and oxygen atoms in total. The molecule has 0 aromatic heterocycles. The van der Waals surface area contributed by atoms with E-state index in [-0.39, 0.29) is 11.9 Å². The summed E-state index contributed by atoms with van der Waals surface area (Å²) < 4.78 is 26.3. The van der Waals surface area contributed by atoms with Gasteiger partial charge in [-0.1, -0.05) is 20.3 Å². The van der Waals surface area contributed by atoms with Crippen molar-refractivity contribution in [3.63, 3.8) is 0 Å². The minimum absolute atomic E-state index is 0.115. The van der Waals surface area contributed by atoms with Crippen LogP contribution in [0, 0.1) is 17.6 Å².